The van der Waals surface area contributed by atoms with Crippen molar-refractivity contribution in [2.45, 2.75) is 0 Å². The standard InChI is InChI=1S/C11H4Cl4N2S/c12-5-1-7(13)11-16-8(4-17(11)3-5)6-2-9(14)18-10(6)15/h1-4H. The van der Waals surface area contributed by atoms with Crippen molar-refractivity contribution in [1.82, 2.24) is 9.38 Å². The maximum atomic E-state index is 6.10. The zero-order valence-corrected chi connectivity index (χ0v) is 12.5. The van der Waals surface area contributed by atoms with E-state index in [1.54, 1.807) is 22.7 Å². The highest BCUT2D eigenvalue weighted by Crippen LogP contribution is 2.38. The van der Waals surface area contributed by atoms with E-state index in [0.717, 1.165) is 5.56 Å². The quantitative estimate of drug-likeness (QED) is 0.558. The third-order valence-corrected chi connectivity index (χ3v) is 4.38. The number of thiophene rings is 1. The van der Waals surface area contributed by atoms with Crippen LogP contribution in [-0.2, 0) is 0 Å². The Morgan fingerprint density at radius 1 is 1.06 bits per heavy atom. The molecule has 0 fully saturated rings. The smallest absolute Gasteiger partial charge is 0.156 e. The molecule has 0 radical (unpaired) electrons. The first-order valence-corrected chi connectivity index (χ1v) is 7.16. The van der Waals surface area contributed by atoms with Crippen molar-refractivity contribution >= 4 is 63.4 Å². The third kappa shape index (κ3) is 2.10. The van der Waals surface area contributed by atoms with Gasteiger partial charge < -0.3 is 4.40 Å². The highest BCUT2D eigenvalue weighted by atomic mass is 35.5. The molecule has 0 aliphatic rings. The van der Waals surface area contributed by atoms with Gasteiger partial charge in [-0.05, 0) is 12.1 Å². The molecule has 0 unspecified atom stereocenters. The van der Waals surface area contributed by atoms with Crippen LogP contribution in [0.1, 0.15) is 0 Å². The van der Waals surface area contributed by atoms with Crippen LogP contribution in [0.15, 0.2) is 24.5 Å². The predicted octanol–water partition coefficient (Wildman–Crippen LogP) is 5.68. The van der Waals surface area contributed by atoms with Crippen LogP contribution in [0.3, 0.4) is 0 Å². The van der Waals surface area contributed by atoms with Gasteiger partial charge in [0.2, 0.25) is 0 Å². The fraction of sp³-hybridized carbons (Fsp3) is 0. The van der Waals surface area contributed by atoms with Crippen LogP contribution in [0.5, 0.6) is 0 Å². The zero-order chi connectivity index (χ0) is 12.9. The Bertz CT molecular complexity index is 747. The maximum Gasteiger partial charge on any atom is 0.156 e. The van der Waals surface area contributed by atoms with Gasteiger partial charge >= 0.3 is 0 Å². The summed E-state index contributed by atoms with van der Waals surface area (Å²) in [5.74, 6) is 0. The molecule has 7 heteroatoms. The second-order valence-corrected chi connectivity index (χ2v) is 6.73. The van der Waals surface area contributed by atoms with E-state index in [2.05, 4.69) is 4.98 Å². The number of rotatable bonds is 1. The SMILES string of the molecule is Clc1cc(Cl)c2nc(-c3cc(Cl)sc3Cl)cn2c1. The van der Waals surface area contributed by atoms with Crippen molar-refractivity contribution in [3.63, 3.8) is 0 Å². The number of pyridine rings is 1. The summed E-state index contributed by atoms with van der Waals surface area (Å²) in [5.41, 5.74) is 2.14. The summed E-state index contributed by atoms with van der Waals surface area (Å²) in [6.45, 7) is 0. The van der Waals surface area contributed by atoms with Crippen LogP contribution in [0.2, 0.25) is 18.7 Å². The van der Waals surface area contributed by atoms with E-state index in [9.17, 15) is 0 Å². The molecule has 0 aliphatic heterocycles. The molecule has 0 atom stereocenters. The Kier molecular flexibility index (Phi) is 3.20. The van der Waals surface area contributed by atoms with Crippen molar-refractivity contribution < 1.29 is 0 Å². The molecular formula is C11H4Cl4N2S. The number of imidazole rings is 1. The van der Waals surface area contributed by atoms with E-state index < -0.39 is 0 Å². The highest BCUT2D eigenvalue weighted by Gasteiger charge is 2.13. The number of halogens is 4. The summed E-state index contributed by atoms with van der Waals surface area (Å²) < 4.78 is 2.99. The van der Waals surface area contributed by atoms with Crippen LogP contribution in [-0.4, -0.2) is 9.38 Å². The summed E-state index contributed by atoms with van der Waals surface area (Å²) in [7, 11) is 0. The topological polar surface area (TPSA) is 17.3 Å². The lowest BCUT2D eigenvalue weighted by molar-refractivity contribution is 1.19. The Balaban J connectivity index is 2.25. The molecule has 0 aromatic carbocycles. The molecule has 3 aromatic rings. The van der Waals surface area contributed by atoms with E-state index in [4.69, 9.17) is 46.4 Å². The average molecular weight is 338 g/mol. The molecular weight excluding hydrogens is 334 g/mol. The summed E-state index contributed by atoms with van der Waals surface area (Å²) in [6.07, 6.45) is 3.55. The Morgan fingerprint density at radius 3 is 2.50 bits per heavy atom. The van der Waals surface area contributed by atoms with Crippen LogP contribution >= 0.6 is 57.7 Å². The molecule has 0 saturated carbocycles. The van der Waals surface area contributed by atoms with Gasteiger partial charge in [0.15, 0.2) is 5.65 Å². The van der Waals surface area contributed by atoms with E-state index in [1.165, 1.54) is 11.3 Å². The largest absolute Gasteiger partial charge is 0.304 e. The van der Waals surface area contributed by atoms with Crippen molar-refractivity contribution in [2.75, 3.05) is 0 Å². The molecule has 0 spiro atoms. The Hall–Kier alpha value is -0.450. The van der Waals surface area contributed by atoms with E-state index >= 15 is 0 Å². The lowest BCUT2D eigenvalue weighted by Gasteiger charge is -1.95. The summed E-state index contributed by atoms with van der Waals surface area (Å²) in [5, 5.41) is 1.04. The molecule has 0 aliphatic carbocycles. The monoisotopic (exact) mass is 336 g/mol. The van der Waals surface area contributed by atoms with Gasteiger partial charge in [0.25, 0.3) is 0 Å². The maximum absolute atomic E-state index is 6.10. The molecule has 0 amide bonds. The molecule has 92 valence electrons. The van der Waals surface area contributed by atoms with Gasteiger partial charge in [0.05, 0.1) is 20.1 Å². The van der Waals surface area contributed by atoms with Crippen LogP contribution in [0, 0.1) is 0 Å². The predicted molar refractivity (Wildman–Crippen MR) is 78.5 cm³/mol. The van der Waals surface area contributed by atoms with E-state index in [-0.39, 0.29) is 0 Å². The number of nitrogens with zero attached hydrogens (tertiary/aromatic N) is 2. The molecule has 0 N–H and O–H groups in total. The van der Waals surface area contributed by atoms with Crippen LogP contribution in [0.25, 0.3) is 16.9 Å². The minimum atomic E-state index is 0.492. The second kappa shape index (κ2) is 4.58. The summed E-state index contributed by atoms with van der Waals surface area (Å²) >= 11 is 25.4. The lowest BCUT2D eigenvalue weighted by Crippen LogP contribution is -1.82. The van der Waals surface area contributed by atoms with Crippen molar-refractivity contribution in [2.24, 2.45) is 0 Å². The van der Waals surface area contributed by atoms with Gasteiger partial charge in [0.1, 0.15) is 4.34 Å². The molecule has 3 rings (SSSR count). The van der Waals surface area contributed by atoms with Gasteiger partial charge in [-0.25, -0.2) is 4.98 Å². The summed E-state index contributed by atoms with van der Waals surface area (Å²) in [4.78, 5) is 4.43. The molecule has 0 saturated heterocycles. The molecule has 3 heterocycles. The minimum Gasteiger partial charge on any atom is -0.304 e. The van der Waals surface area contributed by atoms with Gasteiger partial charge in [-0.3, -0.25) is 0 Å². The van der Waals surface area contributed by atoms with Crippen molar-refractivity contribution in [1.29, 1.82) is 0 Å². The fourth-order valence-electron chi connectivity index (χ4n) is 1.67. The fourth-order valence-corrected chi connectivity index (χ4v) is 3.68. The summed E-state index contributed by atoms with van der Waals surface area (Å²) in [6, 6.07) is 3.43. The molecule has 18 heavy (non-hydrogen) atoms. The van der Waals surface area contributed by atoms with Crippen molar-refractivity contribution in [3.05, 3.63) is 43.2 Å². The first-order valence-electron chi connectivity index (χ1n) is 4.83. The van der Waals surface area contributed by atoms with E-state index in [0.29, 0.717) is 30.1 Å². The zero-order valence-electron chi connectivity index (χ0n) is 8.62. The van der Waals surface area contributed by atoms with Gasteiger partial charge in [-0.15, -0.1) is 11.3 Å². The van der Waals surface area contributed by atoms with Crippen LogP contribution < -0.4 is 0 Å². The van der Waals surface area contributed by atoms with E-state index in [1.807, 2.05) is 6.20 Å². The van der Waals surface area contributed by atoms with Gasteiger partial charge in [-0.1, -0.05) is 46.4 Å². The highest BCUT2D eigenvalue weighted by molar-refractivity contribution is 7.20. The molecule has 0 bridgehead atoms. The first kappa shape index (κ1) is 12.6. The van der Waals surface area contributed by atoms with Crippen LogP contribution in [0.4, 0.5) is 0 Å². The molecule has 3 aromatic heterocycles. The number of hydrogen-bond donors (Lipinski definition) is 0. The second-order valence-electron chi connectivity index (χ2n) is 3.60. The third-order valence-electron chi connectivity index (χ3n) is 2.41. The average Bonchev–Trinajstić information content (AvgIpc) is 2.81. The lowest BCUT2D eigenvalue weighted by atomic mass is 10.3. The normalized spacial score (nSPS) is 11.3. The van der Waals surface area contributed by atoms with Crippen molar-refractivity contribution in [3.8, 4) is 11.3 Å². The van der Waals surface area contributed by atoms with Gasteiger partial charge in [-0.2, -0.15) is 0 Å². The first-order chi connectivity index (χ1) is 8.54. The Morgan fingerprint density at radius 2 is 1.83 bits per heavy atom. The Labute approximate surface area is 127 Å². The number of fused-ring (bicyclic) bond motifs is 1. The molecule has 2 nitrogen and oxygen atoms in total. The van der Waals surface area contributed by atoms with Gasteiger partial charge in [0, 0.05) is 18.0 Å². The number of hydrogen-bond acceptors (Lipinski definition) is 2. The minimum absolute atomic E-state index is 0.492. The number of aromatic nitrogens is 2.